The Bertz CT molecular complexity index is 1450. The monoisotopic (exact) mass is 492 g/mol. The van der Waals surface area contributed by atoms with Gasteiger partial charge in [0.2, 0.25) is 15.9 Å². The Morgan fingerprint density at radius 1 is 1.09 bits per heavy atom. The van der Waals surface area contributed by atoms with Crippen molar-refractivity contribution in [2.45, 2.75) is 43.5 Å². The Hall–Kier alpha value is -3.43. The molecule has 1 fully saturated rings. The molecule has 2 amide bonds. The number of primary sulfonamides is 1. The number of piperidine rings is 1. The summed E-state index contributed by atoms with van der Waals surface area (Å²) in [5.41, 5.74) is 3.30. The summed E-state index contributed by atoms with van der Waals surface area (Å²) in [6.45, 7) is 2.40. The number of benzene rings is 2. The normalized spacial score (nSPS) is 17.1. The fourth-order valence-electron chi connectivity index (χ4n) is 4.92. The second-order valence-electron chi connectivity index (χ2n) is 9.10. The molecular formula is C26H28N4O4S. The summed E-state index contributed by atoms with van der Waals surface area (Å²) in [4.78, 5) is 27.2. The number of carbonyl (C=O) groups excluding carboxylic acids is 2. The number of para-hydroxylation sites is 1. The Kier molecular flexibility index (Phi) is 6.21. The maximum absolute atomic E-state index is 12.7. The van der Waals surface area contributed by atoms with Crippen LogP contribution < -0.4 is 10.5 Å². The van der Waals surface area contributed by atoms with Gasteiger partial charge in [0.05, 0.1) is 4.90 Å². The van der Waals surface area contributed by atoms with Crippen molar-refractivity contribution in [3.63, 3.8) is 0 Å². The molecular weight excluding hydrogens is 464 g/mol. The summed E-state index contributed by atoms with van der Waals surface area (Å²) < 4.78 is 25.8. The number of sulfonamides is 1. The zero-order valence-electron chi connectivity index (χ0n) is 19.4. The summed E-state index contributed by atoms with van der Waals surface area (Å²) in [7, 11) is -3.90. The van der Waals surface area contributed by atoms with Crippen molar-refractivity contribution >= 4 is 50.1 Å². The van der Waals surface area contributed by atoms with Crippen LogP contribution in [0.2, 0.25) is 0 Å². The molecule has 2 aromatic carbocycles. The van der Waals surface area contributed by atoms with E-state index in [2.05, 4.69) is 9.88 Å². The summed E-state index contributed by atoms with van der Waals surface area (Å²) in [5.74, 6) is -0.0797. The molecule has 8 nitrogen and oxygen atoms in total. The van der Waals surface area contributed by atoms with Crippen molar-refractivity contribution in [1.82, 2.24) is 9.47 Å². The number of hydrogen-bond donors (Lipinski definition) is 2. The molecule has 2 aliphatic heterocycles. The predicted octanol–water partition coefficient (Wildman–Crippen LogP) is 3.57. The molecule has 0 bridgehead atoms. The molecule has 2 aliphatic rings. The molecule has 5 rings (SSSR count). The molecule has 3 N–H and O–H groups in total. The fourth-order valence-corrected chi connectivity index (χ4v) is 5.46. The van der Waals surface area contributed by atoms with E-state index in [0.29, 0.717) is 29.8 Å². The minimum atomic E-state index is -3.90. The van der Waals surface area contributed by atoms with Crippen LogP contribution in [0.4, 0.5) is 5.69 Å². The number of likely N-dealkylation sites (tertiary alicyclic amines) is 1. The summed E-state index contributed by atoms with van der Waals surface area (Å²) >= 11 is 0. The Labute approximate surface area is 204 Å². The van der Waals surface area contributed by atoms with Crippen molar-refractivity contribution in [3.05, 3.63) is 59.8 Å². The van der Waals surface area contributed by atoms with Crippen LogP contribution in [-0.4, -0.2) is 42.8 Å². The van der Waals surface area contributed by atoms with E-state index in [0.717, 1.165) is 48.8 Å². The van der Waals surface area contributed by atoms with E-state index < -0.39 is 10.0 Å². The maximum atomic E-state index is 12.7. The first-order valence-electron chi connectivity index (χ1n) is 11.9. The number of aryl methyl sites for hydroxylation is 1. The number of nitrogens with two attached hydrogens (primary N) is 1. The van der Waals surface area contributed by atoms with Gasteiger partial charge in [-0.1, -0.05) is 18.2 Å². The van der Waals surface area contributed by atoms with E-state index in [9.17, 15) is 18.0 Å². The smallest absolute Gasteiger partial charge is 0.256 e. The third kappa shape index (κ3) is 4.74. The highest BCUT2D eigenvalue weighted by atomic mass is 32.2. The first-order chi connectivity index (χ1) is 16.8. The SMILES string of the molecule is NS(=O)(=O)c1ccc2c(c1)/C(=C/c1cn(CCCC(=O)N3CCCCC3)c3ccccc13)C(=O)N2. The molecule has 35 heavy (non-hydrogen) atoms. The lowest BCUT2D eigenvalue weighted by molar-refractivity contribution is -0.132. The van der Waals surface area contributed by atoms with Crippen LogP contribution >= 0.6 is 0 Å². The fraction of sp³-hybridized carbons (Fsp3) is 0.308. The van der Waals surface area contributed by atoms with Gasteiger partial charge in [-0.3, -0.25) is 9.59 Å². The second kappa shape index (κ2) is 9.31. The summed E-state index contributed by atoms with van der Waals surface area (Å²) in [6.07, 6.45) is 8.37. The molecule has 0 radical (unpaired) electrons. The van der Waals surface area contributed by atoms with E-state index in [4.69, 9.17) is 5.14 Å². The van der Waals surface area contributed by atoms with Gasteiger partial charge in [-0.25, -0.2) is 13.6 Å². The molecule has 1 aromatic heterocycles. The second-order valence-corrected chi connectivity index (χ2v) is 10.7. The number of anilines is 1. The van der Waals surface area contributed by atoms with Crippen LogP contribution in [0.5, 0.6) is 0 Å². The van der Waals surface area contributed by atoms with E-state index in [1.54, 1.807) is 12.1 Å². The number of nitrogens with one attached hydrogen (secondary N) is 1. The molecule has 0 unspecified atom stereocenters. The zero-order valence-corrected chi connectivity index (χ0v) is 20.2. The average molecular weight is 493 g/mol. The predicted molar refractivity (Wildman–Crippen MR) is 136 cm³/mol. The van der Waals surface area contributed by atoms with Crippen LogP contribution in [0, 0.1) is 0 Å². The molecule has 0 spiro atoms. The van der Waals surface area contributed by atoms with Gasteiger partial charge in [0, 0.05) is 65.5 Å². The van der Waals surface area contributed by atoms with Gasteiger partial charge in [-0.2, -0.15) is 0 Å². The number of nitrogens with zero attached hydrogens (tertiary/aromatic N) is 2. The molecule has 0 atom stereocenters. The van der Waals surface area contributed by atoms with Gasteiger partial charge >= 0.3 is 0 Å². The van der Waals surface area contributed by atoms with Gasteiger partial charge in [-0.05, 0) is 56.0 Å². The molecule has 182 valence electrons. The van der Waals surface area contributed by atoms with Gasteiger partial charge in [0.25, 0.3) is 5.91 Å². The van der Waals surface area contributed by atoms with Crippen molar-refractivity contribution in [2.75, 3.05) is 18.4 Å². The first kappa shape index (κ1) is 23.3. The zero-order chi connectivity index (χ0) is 24.6. The van der Waals surface area contributed by atoms with E-state index in [1.165, 1.54) is 18.6 Å². The highest BCUT2D eigenvalue weighted by Crippen LogP contribution is 2.36. The lowest BCUT2D eigenvalue weighted by Gasteiger charge is -2.26. The largest absolute Gasteiger partial charge is 0.347 e. The van der Waals surface area contributed by atoms with Crippen LogP contribution in [-0.2, 0) is 26.2 Å². The van der Waals surface area contributed by atoms with Crippen molar-refractivity contribution in [2.24, 2.45) is 5.14 Å². The van der Waals surface area contributed by atoms with Crippen molar-refractivity contribution in [3.8, 4) is 0 Å². The number of hydrogen-bond acceptors (Lipinski definition) is 4. The van der Waals surface area contributed by atoms with Crippen LogP contribution in [0.3, 0.4) is 0 Å². The van der Waals surface area contributed by atoms with E-state index in [1.807, 2.05) is 35.4 Å². The lowest BCUT2D eigenvalue weighted by atomic mass is 10.0. The Morgan fingerprint density at radius 2 is 1.86 bits per heavy atom. The van der Waals surface area contributed by atoms with E-state index >= 15 is 0 Å². The van der Waals surface area contributed by atoms with E-state index in [-0.39, 0.29) is 16.7 Å². The Morgan fingerprint density at radius 3 is 2.63 bits per heavy atom. The minimum Gasteiger partial charge on any atom is -0.347 e. The number of aromatic nitrogens is 1. The number of carbonyl (C=O) groups is 2. The number of amides is 2. The lowest BCUT2D eigenvalue weighted by Crippen LogP contribution is -2.35. The Balaban J connectivity index is 1.42. The van der Waals surface area contributed by atoms with Crippen LogP contribution in [0.25, 0.3) is 22.6 Å². The van der Waals surface area contributed by atoms with Gasteiger partial charge < -0.3 is 14.8 Å². The molecule has 0 saturated carbocycles. The highest BCUT2D eigenvalue weighted by molar-refractivity contribution is 7.89. The summed E-state index contributed by atoms with van der Waals surface area (Å²) in [5, 5.41) is 9.06. The molecule has 9 heteroatoms. The topological polar surface area (TPSA) is 114 Å². The number of rotatable bonds is 6. The minimum absolute atomic E-state index is 0.0422. The molecule has 1 saturated heterocycles. The van der Waals surface area contributed by atoms with Crippen LogP contribution in [0.15, 0.2) is 53.6 Å². The number of fused-ring (bicyclic) bond motifs is 2. The van der Waals surface area contributed by atoms with Crippen LogP contribution in [0.1, 0.15) is 43.2 Å². The quantitative estimate of drug-likeness (QED) is 0.512. The average Bonchev–Trinajstić information content (AvgIpc) is 3.36. The molecule has 3 heterocycles. The van der Waals surface area contributed by atoms with Crippen molar-refractivity contribution < 1.29 is 18.0 Å². The van der Waals surface area contributed by atoms with Gasteiger partial charge in [-0.15, -0.1) is 0 Å². The maximum Gasteiger partial charge on any atom is 0.256 e. The molecule has 0 aliphatic carbocycles. The third-order valence-corrected chi connectivity index (χ3v) is 7.63. The van der Waals surface area contributed by atoms with Gasteiger partial charge in [0.1, 0.15) is 0 Å². The standard InChI is InChI=1S/C26H28N4O4S/c27-35(33,34)19-10-11-23-21(16-19)22(26(32)28-23)15-18-17-30(24-8-3-2-7-20(18)24)14-6-9-25(31)29-12-4-1-5-13-29/h2-3,7-8,10-11,15-17H,1,4-6,9,12-14H2,(H,28,32)(H2,27,33,34)/b22-15-. The third-order valence-electron chi connectivity index (χ3n) is 6.72. The van der Waals surface area contributed by atoms with Crippen molar-refractivity contribution in [1.29, 1.82) is 0 Å². The van der Waals surface area contributed by atoms with Gasteiger partial charge in [0.15, 0.2) is 0 Å². The summed E-state index contributed by atoms with van der Waals surface area (Å²) in [6, 6.07) is 12.3. The first-order valence-corrected chi connectivity index (χ1v) is 13.4. The highest BCUT2D eigenvalue weighted by Gasteiger charge is 2.26. The molecule has 3 aromatic rings.